The zero-order valence-corrected chi connectivity index (χ0v) is 7.19. The maximum atomic E-state index is 9.79. The molecular formula is C10H16O2. The lowest BCUT2D eigenvalue weighted by molar-refractivity contribution is -0.0917. The Morgan fingerprint density at radius 1 is 0.750 bits per heavy atom. The van der Waals surface area contributed by atoms with E-state index < -0.39 is 12.2 Å². The van der Waals surface area contributed by atoms with Crippen LogP contribution in [0, 0.1) is 23.7 Å². The molecule has 0 aliphatic heterocycles. The van der Waals surface area contributed by atoms with Crippen LogP contribution in [-0.4, -0.2) is 22.4 Å². The van der Waals surface area contributed by atoms with Gasteiger partial charge in [-0.15, -0.1) is 0 Å². The maximum Gasteiger partial charge on any atom is 0.0832 e. The lowest BCUT2D eigenvalue weighted by Crippen LogP contribution is -2.45. The van der Waals surface area contributed by atoms with Gasteiger partial charge in [0.05, 0.1) is 12.2 Å². The van der Waals surface area contributed by atoms with Crippen molar-refractivity contribution in [1.82, 2.24) is 0 Å². The first-order valence-electron chi connectivity index (χ1n) is 5.12. The van der Waals surface area contributed by atoms with Gasteiger partial charge in [0.25, 0.3) is 0 Å². The highest BCUT2D eigenvalue weighted by Gasteiger charge is 2.52. The second kappa shape index (κ2) is 2.24. The van der Waals surface area contributed by atoms with Gasteiger partial charge < -0.3 is 10.2 Å². The molecule has 3 fully saturated rings. The molecule has 3 saturated carbocycles. The van der Waals surface area contributed by atoms with E-state index in [0.29, 0.717) is 11.8 Å². The summed E-state index contributed by atoms with van der Waals surface area (Å²) in [7, 11) is 0. The van der Waals surface area contributed by atoms with Crippen LogP contribution in [0.3, 0.4) is 0 Å². The second-order valence-corrected chi connectivity index (χ2v) is 4.97. The van der Waals surface area contributed by atoms with Crippen LogP contribution in [0.25, 0.3) is 0 Å². The average molecular weight is 168 g/mol. The van der Waals surface area contributed by atoms with E-state index in [1.165, 1.54) is 25.7 Å². The second-order valence-electron chi connectivity index (χ2n) is 4.97. The van der Waals surface area contributed by atoms with Crippen molar-refractivity contribution in [2.75, 3.05) is 0 Å². The smallest absolute Gasteiger partial charge is 0.0832 e. The van der Waals surface area contributed by atoms with Crippen LogP contribution in [0.15, 0.2) is 0 Å². The number of aliphatic hydroxyl groups is 2. The zero-order valence-electron chi connectivity index (χ0n) is 7.19. The first-order chi connectivity index (χ1) is 5.75. The van der Waals surface area contributed by atoms with E-state index in [1.807, 2.05) is 0 Å². The SMILES string of the molecule is O[C@@H]1C2CC3CC2CC(C3)[C@@H]1O. The Hall–Kier alpha value is -0.0800. The minimum Gasteiger partial charge on any atom is -0.390 e. The van der Waals surface area contributed by atoms with Gasteiger partial charge >= 0.3 is 0 Å². The monoisotopic (exact) mass is 168 g/mol. The fourth-order valence-electron chi connectivity index (χ4n) is 3.88. The lowest BCUT2D eigenvalue weighted by Gasteiger charge is -2.40. The summed E-state index contributed by atoms with van der Waals surface area (Å²) in [6, 6.07) is 0. The van der Waals surface area contributed by atoms with Gasteiger partial charge in [-0.2, -0.15) is 0 Å². The Morgan fingerprint density at radius 2 is 1.50 bits per heavy atom. The van der Waals surface area contributed by atoms with Gasteiger partial charge in [0.2, 0.25) is 0 Å². The quantitative estimate of drug-likeness (QED) is 0.561. The van der Waals surface area contributed by atoms with Gasteiger partial charge in [0.1, 0.15) is 0 Å². The van der Waals surface area contributed by atoms with Crippen LogP contribution in [0.2, 0.25) is 0 Å². The van der Waals surface area contributed by atoms with Crippen LogP contribution in [0.5, 0.6) is 0 Å². The summed E-state index contributed by atoms with van der Waals surface area (Å²) in [5, 5.41) is 19.5. The molecule has 0 aromatic rings. The molecule has 0 saturated heterocycles. The summed E-state index contributed by atoms with van der Waals surface area (Å²) >= 11 is 0. The van der Waals surface area contributed by atoms with Gasteiger partial charge in [0, 0.05) is 0 Å². The fourth-order valence-corrected chi connectivity index (χ4v) is 3.88. The summed E-state index contributed by atoms with van der Waals surface area (Å²) in [5.41, 5.74) is 0. The summed E-state index contributed by atoms with van der Waals surface area (Å²) in [6.07, 6.45) is 4.05. The van der Waals surface area contributed by atoms with Crippen molar-refractivity contribution in [3.8, 4) is 0 Å². The molecule has 0 aromatic heterocycles. The topological polar surface area (TPSA) is 40.5 Å². The summed E-state index contributed by atoms with van der Waals surface area (Å²) in [4.78, 5) is 0. The minimum atomic E-state index is -0.406. The van der Waals surface area contributed by atoms with Crippen molar-refractivity contribution in [3.05, 3.63) is 0 Å². The van der Waals surface area contributed by atoms with Crippen molar-refractivity contribution in [1.29, 1.82) is 0 Å². The van der Waals surface area contributed by atoms with E-state index in [1.54, 1.807) is 0 Å². The number of hydrogen-bond donors (Lipinski definition) is 2. The third kappa shape index (κ3) is 0.775. The van der Waals surface area contributed by atoms with E-state index in [2.05, 4.69) is 0 Å². The molecule has 68 valence electrons. The van der Waals surface area contributed by atoms with Gasteiger partial charge in [-0.25, -0.2) is 0 Å². The van der Waals surface area contributed by atoms with Gasteiger partial charge in [-0.1, -0.05) is 0 Å². The number of hydrogen-bond acceptors (Lipinski definition) is 2. The molecule has 3 rings (SSSR count). The molecule has 4 unspecified atom stereocenters. The Balaban J connectivity index is 1.96. The standard InChI is InChI=1S/C10H16O2/c11-9-7-2-5-1-6(4-7)8(3-5)10(9)12/h5-12H,1-4H2/t5?,6?,7?,8?,9-,10+/m0/s1. The van der Waals surface area contributed by atoms with Gasteiger partial charge in [0.15, 0.2) is 0 Å². The molecule has 0 heterocycles. The van der Waals surface area contributed by atoms with Crippen LogP contribution in [-0.2, 0) is 0 Å². The molecule has 2 N–H and O–H groups in total. The molecule has 0 radical (unpaired) electrons. The predicted molar refractivity (Wildman–Crippen MR) is 44.4 cm³/mol. The normalized spacial score (nSPS) is 62.5. The molecule has 0 amide bonds. The van der Waals surface area contributed by atoms with E-state index >= 15 is 0 Å². The molecule has 6 atom stereocenters. The van der Waals surface area contributed by atoms with Crippen molar-refractivity contribution in [2.45, 2.75) is 37.9 Å². The van der Waals surface area contributed by atoms with E-state index in [0.717, 1.165) is 11.8 Å². The molecule has 2 heteroatoms. The molecule has 3 aliphatic carbocycles. The molecule has 3 bridgehead atoms. The molecule has 3 aliphatic rings. The molecule has 0 spiro atoms. The van der Waals surface area contributed by atoms with Crippen LogP contribution in [0.4, 0.5) is 0 Å². The van der Waals surface area contributed by atoms with Crippen molar-refractivity contribution >= 4 is 0 Å². The summed E-state index contributed by atoms with van der Waals surface area (Å²) < 4.78 is 0. The Bertz CT molecular complexity index is 198. The highest BCUT2D eigenvalue weighted by atomic mass is 16.3. The Kier molecular flexibility index (Phi) is 1.37. The van der Waals surface area contributed by atoms with Crippen molar-refractivity contribution < 1.29 is 10.2 Å². The zero-order chi connectivity index (χ0) is 8.29. The number of aliphatic hydroxyl groups excluding tert-OH is 2. The molecule has 0 aromatic carbocycles. The van der Waals surface area contributed by atoms with Crippen LogP contribution < -0.4 is 0 Å². The highest BCUT2D eigenvalue weighted by molar-refractivity contribution is 5.02. The van der Waals surface area contributed by atoms with Crippen LogP contribution in [0.1, 0.15) is 25.7 Å². The predicted octanol–water partition coefficient (Wildman–Crippen LogP) is 0.774. The fraction of sp³-hybridized carbons (Fsp3) is 1.00. The summed E-state index contributed by atoms with van der Waals surface area (Å²) in [5.74, 6) is 2.42. The molecule has 2 nitrogen and oxygen atoms in total. The summed E-state index contributed by atoms with van der Waals surface area (Å²) in [6.45, 7) is 0. The van der Waals surface area contributed by atoms with E-state index in [4.69, 9.17) is 0 Å². The third-order valence-electron chi connectivity index (χ3n) is 4.36. The first kappa shape index (κ1) is 7.34. The Labute approximate surface area is 72.6 Å². The van der Waals surface area contributed by atoms with Crippen molar-refractivity contribution in [2.24, 2.45) is 23.7 Å². The van der Waals surface area contributed by atoms with E-state index in [9.17, 15) is 10.2 Å². The highest BCUT2D eigenvalue weighted by Crippen LogP contribution is 2.54. The first-order valence-corrected chi connectivity index (χ1v) is 5.12. The van der Waals surface area contributed by atoms with E-state index in [-0.39, 0.29) is 0 Å². The maximum absolute atomic E-state index is 9.79. The third-order valence-corrected chi connectivity index (χ3v) is 4.36. The average Bonchev–Trinajstić information content (AvgIpc) is 2.33. The van der Waals surface area contributed by atoms with Gasteiger partial charge in [-0.05, 0) is 49.4 Å². The minimum absolute atomic E-state index is 0.402. The van der Waals surface area contributed by atoms with Crippen LogP contribution >= 0.6 is 0 Å². The molecular weight excluding hydrogens is 152 g/mol. The molecule has 12 heavy (non-hydrogen) atoms. The lowest BCUT2D eigenvalue weighted by atomic mass is 9.69. The number of rotatable bonds is 0. The Morgan fingerprint density at radius 3 is 2.33 bits per heavy atom. The van der Waals surface area contributed by atoms with Crippen molar-refractivity contribution in [3.63, 3.8) is 0 Å². The number of fused-ring (bicyclic) bond motifs is 2. The van der Waals surface area contributed by atoms with Gasteiger partial charge in [-0.3, -0.25) is 0 Å². The largest absolute Gasteiger partial charge is 0.390 e.